The molecule has 1 aromatic rings. The van der Waals surface area contributed by atoms with Crippen LogP contribution >= 0.6 is 0 Å². The van der Waals surface area contributed by atoms with E-state index in [1.165, 1.54) is 0 Å². The van der Waals surface area contributed by atoms with Gasteiger partial charge in [-0.1, -0.05) is 5.46 Å². The Morgan fingerprint density at radius 1 is 1.10 bits per heavy atom. The van der Waals surface area contributed by atoms with Crippen LogP contribution in [-0.4, -0.2) is 38.0 Å². The summed E-state index contributed by atoms with van der Waals surface area (Å²) in [5.74, 6) is -0.0856. The Labute approximate surface area is 159 Å². The van der Waals surface area contributed by atoms with Gasteiger partial charge in [-0.15, -0.1) is 0 Å². The normalized spacial score (nSPS) is 11.9. The third-order valence-electron chi connectivity index (χ3n) is 2.08. The van der Waals surface area contributed by atoms with Crippen molar-refractivity contribution in [3.8, 4) is 5.75 Å². The number of hydrogen-bond acceptors (Lipinski definition) is 3. The topological polar surface area (TPSA) is 31.4 Å². The fourth-order valence-electron chi connectivity index (χ4n) is 1.23. The second kappa shape index (κ2) is 9.36. The standard InChI is InChI=1S/C10H11BF6NO2.K/c12-10(13,14)7-19-2-1-3-20-9-4-8(5-18-6-9)11(15,16)17;/h4-6H,1-3,7H2;/q-1;+1. The molecule has 1 aromatic heterocycles. The summed E-state index contributed by atoms with van der Waals surface area (Å²) in [5.41, 5.74) is -0.893. The second-order valence-electron chi connectivity index (χ2n) is 3.90. The maximum Gasteiger partial charge on any atom is 1.00 e. The molecule has 0 fully saturated rings. The third kappa shape index (κ3) is 9.74. The van der Waals surface area contributed by atoms with Crippen molar-refractivity contribution in [3.63, 3.8) is 0 Å². The van der Waals surface area contributed by atoms with Crippen LogP contribution in [0.3, 0.4) is 0 Å². The van der Waals surface area contributed by atoms with Gasteiger partial charge in [-0.05, 0) is 6.07 Å². The zero-order valence-corrected chi connectivity index (χ0v) is 14.3. The van der Waals surface area contributed by atoms with Crippen LogP contribution in [0.2, 0.25) is 0 Å². The number of hydrogen-bond donors (Lipinski definition) is 0. The maximum atomic E-state index is 12.4. The summed E-state index contributed by atoms with van der Waals surface area (Å²) in [4.78, 5) is 3.39. The minimum Gasteiger partial charge on any atom is -0.492 e. The fourth-order valence-corrected chi connectivity index (χ4v) is 1.23. The van der Waals surface area contributed by atoms with Crippen molar-refractivity contribution in [1.82, 2.24) is 4.98 Å². The molecule has 11 heteroatoms. The number of pyridine rings is 1. The molecule has 0 aliphatic carbocycles. The van der Waals surface area contributed by atoms with E-state index in [-0.39, 0.29) is 76.8 Å². The summed E-state index contributed by atoms with van der Waals surface area (Å²) < 4.78 is 81.7. The Hall–Kier alpha value is 0.191. The number of alkyl halides is 3. The van der Waals surface area contributed by atoms with Gasteiger partial charge in [-0.2, -0.15) is 13.2 Å². The second-order valence-corrected chi connectivity index (χ2v) is 3.90. The summed E-state index contributed by atoms with van der Waals surface area (Å²) >= 11 is 0. The van der Waals surface area contributed by atoms with Crippen LogP contribution in [0.5, 0.6) is 5.75 Å². The Morgan fingerprint density at radius 3 is 2.33 bits per heavy atom. The van der Waals surface area contributed by atoms with E-state index < -0.39 is 25.2 Å². The van der Waals surface area contributed by atoms with Crippen LogP contribution in [0.4, 0.5) is 26.1 Å². The van der Waals surface area contributed by atoms with Crippen molar-refractivity contribution in [3.05, 3.63) is 18.5 Å². The minimum atomic E-state index is -5.16. The van der Waals surface area contributed by atoms with Gasteiger partial charge in [-0.25, -0.2) is 0 Å². The zero-order chi connectivity index (χ0) is 15.2. The van der Waals surface area contributed by atoms with Crippen LogP contribution in [0, 0.1) is 0 Å². The molecule has 1 rings (SSSR count). The predicted octanol–water partition coefficient (Wildman–Crippen LogP) is -0.512. The van der Waals surface area contributed by atoms with E-state index in [1.54, 1.807) is 0 Å². The minimum absolute atomic E-state index is 0. The van der Waals surface area contributed by atoms with Crippen LogP contribution in [0.1, 0.15) is 6.42 Å². The number of aromatic nitrogens is 1. The molecule has 21 heavy (non-hydrogen) atoms. The summed E-state index contributed by atoms with van der Waals surface area (Å²) in [5, 5.41) is 0. The Balaban J connectivity index is 0.00000400. The molecule has 0 atom stereocenters. The molecule has 0 aliphatic heterocycles. The first-order valence-electron chi connectivity index (χ1n) is 5.61. The van der Waals surface area contributed by atoms with Crippen molar-refractivity contribution in [1.29, 1.82) is 0 Å². The van der Waals surface area contributed by atoms with Gasteiger partial charge in [-0.3, -0.25) is 4.98 Å². The summed E-state index contributed by atoms with van der Waals surface area (Å²) in [6.07, 6.45) is -2.49. The zero-order valence-electron chi connectivity index (χ0n) is 11.2. The number of rotatable bonds is 7. The molecular weight excluding hydrogens is 330 g/mol. The Morgan fingerprint density at radius 2 is 1.76 bits per heavy atom. The van der Waals surface area contributed by atoms with Crippen molar-refractivity contribution >= 4 is 12.4 Å². The average molecular weight is 341 g/mol. The van der Waals surface area contributed by atoms with Crippen LogP contribution < -0.4 is 61.6 Å². The monoisotopic (exact) mass is 341 g/mol. The van der Waals surface area contributed by atoms with Gasteiger partial charge < -0.3 is 22.4 Å². The molecule has 0 saturated carbocycles. The van der Waals surface area contributed by atoms with Gasteiger partial charge in [0.25, 0.3) is 0 Å². The van der Waals surface area contributed by atoms with Crippen molar-refractivity contribution in [2.24, 2.45) is 0 Å². The van der Waals surface area contributed by atoms with E-state index in [9.17, 15) is 26.1 Å². The Kier molecular flexibility index (Phi) is 9.44. The first kappa shape index (κ1) is 21.2. The van der Waals surface area contributed by atoms with Gasteiger partial charge in [0.2, 0.25) is 0 Å². The first-order valence-corrected chi connectivity index (χ1v) is 5.61. The van der Waals surface area contributed by atoms with Crippen LogP contribution in [0.25, 0.3) is 0 Å². The number of ether oxygens (including phenoxy) is 2. The summed E-state index contributed by atoms with van der Waals surface area (Å²) in [6.45, 7) is -6.78. The van der Waals surface area contributed by atoms with Crippen molar-refractivity contribution < 1.29 is 87.0 Å². The maximum absolute atomic E-state index is 12.4. The summed E-state index contributed by atoms with van der Waals surface area (Å²) in [6, 6.07) is 0.795. The molecule has 3 nitrogen and oxygen atoms in total. The SMILES string of the molecule is F[B-](F)(F)c1cncc(OCCCOCC(F)(F)F)c1.[K+]. The van der Waals surface area contributed by atoms with E-state index >= 15 is 0 Å². The van der Waals surface area contributed by atoms with Gasteiger partial charge in [0, 0.05) is 12.6 Å². The molecule has 0 unspecified atom stereocenters. The van der Waals surface area contributed by atoms with Crippen LogP contribution in [0.15, 0.2) is 18.5 Å². The van der Waals surface area contributed by atoms with Gasteiger partial charge in [0.05, 0.1) is 19.4 Å². The van der Waals surface area contributed by atoms with Gasteiger partial charge in [0.1, 0.15) is 12.4 Å². The van der Waals surface area contributed by atoms with Gasteiger partial charge in [0.15, 0.2) is 0 Å². The number of nitrogens with zero attached hydrogens (tertiary/aromatic N) is 1. The predicted molar refractivity (Wildman–Crippen MR) is 59.9 cm³/mol. The average Bonchev–Trinajstić information content (AvgIpc) is 2.31. The van der Waals surface area contributed by atoms with E-state index in [1.807, 2.05) is 0 Å². The van der Waals surface area contributed by atoms with E-state index in [0.29, 0.717) is 6.20 Å². The molecule has 0 saturated heterocycles. The van der Waals surface area contributed by atoms with Crippen LogP contribution in [-0.2, 0) is 4.74 Å². The van der Waals surface area contributed by atoms with E-state index in [0.717, 1.165) is 12.3 Å². The number of halogens is 6. The molecule has 0 aliphatic rings. The smallest absolute Gasteiger partial charge is 0.492 e. The molecule has 1 heterocycles. The van der Waals surface area contributed by atoms with Crippen molar-refractivity contribution in [2.75, 3.05) is 19.8 Å². The first-order chi connectivity index (χ1) is 9.18. The summed E-state index contributed by atoms with van der Waals surface area (Å²) in [7, 11) is 0. The van der Waals surface area contributed by atoms with E-state index in [4.69, 9.17) is 4.74 Å². The molecule has 0 aromatic carbocycles. The largest absolute Gasteiger partial charge is 1.00 e. The molecule has 0 amide bonds. The quantitative estimate of drug-likeness (QED) is 0.380. The molecule has 0 spiro atoms. The molecule has 0 N–H and O–H groups in total. The molecule has 114 valence electrons. The molecular formula is C10H11BF6KNO2. The molecule has 0 radical (unpaired) electrons. The van der Waals surface area contributed by atoms with Crippen molar-refractivity contribution in [2.45, 2.75) is 12.6 Å². The molecule has 0 bridgehead atoms. The van der Waals surface area contributed by atoms with E-state index in [2.05, 4.69) is 9.72 Å². The van der Waals surface area contributed by atoms with Gasteiger partial charge >= 0.3 is 64.5 Å². The fraction of sp³-hybridized carbons (Fsp3) is 0.500. The Bertz CT molecular complexity index is 429. The third-order valence-corrected chi connectivity index (χ3v) is 2.08.